The van der Waals surface area contributed by atoms with Gasteiger partial charge in [0.1, 0.15) is 0 Å². The van der Waals surface area contributed by atoms with Crippen LogP contribution < -0.4 is 9.03 Å². The molecular weight excluding hydrogens is 416 g/mol. The lowest BCUT2D eigenvalue weighted by Crippen LogP contribution is -2.37. The third-order valence-corrected chi connectivity index (χ3v) is 7.70. The largest absolute Gasteiger partial charge is 0.462 e. The van der Waals surface area contributed by atoms with Crippen LogP contribution in [0, 0.1) is 0 Å². The number of ether oxygens (including phenoxy) is 1. The van der Waals surface area contributed by atoms with Gasteiger partial charge < -0.3 is 4.74 Å². The summed E-state index contributed by atoms with van der Waals surface area (Å²) in [6.07, 6.45) is 1.40. The summed E-state index contributed by atoms with van der Waals surface area (Å²) in [5.74, 6) is -0.388. The molecule has 0 spiro atoms. The van der Waals surface area contributed by atoms with E-state index in [4.69, 9.17) is 4.74 Å². The van der Waals surface area contributed by atoms with Gasteiger partial charge in [-0.25, -0.2) is 21.6 Å². The van der Waals surface area contributed by atoms with Crippen molar-refractivity contribution in [3.05, 3.63) is 54.1 Å². The van der Waals surface area contributed by atoms with E-state index in [9.17, 15) is 21.6 Å². The minimum Gasteiger partial charge on any atom is -0.462 e. The topological polar surface area (TPSA) is 110 Å². The number of nitrogens with one attached hydrogen (secondary N) is 1. The van der Waals surface area contributed by atoms with Crippen molar-refractivity contribution in [2.24, 2.45) is 0 Å². The van der Waals surface area contributed by atoms with Crippen LogP contribution in [-0.2, 0) is 24.8 Å². The predicted octanol–water partition coefficient (Wildman–Crippen LogP) is 2.59. The Morgan fingerprint density at radius 1 is 1.07 bits per heavy atom. The summed E-state index contributed by atoms with van der Waals surface area (Å²) in [7, 11) is -7.23. The molecule has 1 fully saturated rings. The number of hydrogen-bond donors (Lipinski definition) is 1. The molecule has 1 aliphatic rings. The number of anilines is 2. The van der Waals surface area contributed by atoms with E-state index in [0.717, 1.165) is 6.42 Å². The average molecular weight is 439 g/mol. The van der Waals surface area contributed by atoms with Gasteiger partial charge in [-0.2, -0.15) is 0 Å². The maximum absolute atomic E-state index is 12.6. The summed E-state index contributed by atoms with van der Waals surface area (Å²) in [4.78, 5) is 11.7. The molecule has 0 bridgehead atoms. The molecule has 0 amide bonds. The van der Waals surface area contributed by atoms with E-state index in [1.807, 2.05) is 0 Å². The molecule has 0 saturated carbocycles. The first-order valence-corrected chi connectivity index (χ1v) is 12.2. The van der Waals surface area contributed by atoms with Gasteiger partial charge in [-0.3, -0.25) is 9.03 Å². The van der Waals surface area contributed by atoms with Crippen molar-refractivity contribution in [2.75, 3.05) is 27.9 Å². The molecule has 0 radical (unpaired) electrons. The van der Waals surface area contributed by atoms with E-state index < -0.39 is 26.0 Å². The summed E-state index contributed by atoms with van der Waals surface area (Å²) in [5, 5.41) is 0. The van der Waals surface area contributed by atoms with Crippen LogP contribution in [0.15, 0.2) is 53.4 Å². The number of sulfonamides is 2. The SMILES string of the molecule is CCOC(=O)c1ccc(NS(=O)(=O)c2ccc(N3CCCCS3(=O)=O)cc2)cc1. The molecule has 1 saturated heterocycles. The molecule has 0 aromatic heterocycles. The zero-order chi connectivity index (χ0) is 21.1. The van der Waals surface area contributed by atoms with Crippen molar-refractivity contribution in [1.82, 2.24) is 0 Å². The third kappa shape index (κ3) is 4.88. The molecule has 2 aromatic rings. The van der Waals surface area contributed by atoms with Gasteiger partial charge in [0.2, 0.25) is 10.0 Å². The number of esters is 1. The third-order valence-electron chi connectivity index (χ3n) is 4.43. The van der Waals surface area contributed by atoms with Crippen molar-refractivity contribution in [3.63, 3.8) is 0 Å². The van der Waals surface area contributed by atoms with Gasteiger partial charge in [0.25, 0.3) is 10.0 Å². The van der Waals surface area contributed by atoms with Gasteiger partial charge in [0.05, 0.1) is 28.5 Å². The highest BCUT2D eigenvalue weighted by atomic mass is 32.2. The Kier molecular flexibility index (Phi) is 6.13. The molecule has 0 unspecified atom stereocenters. The molecule has 1 N–H and O–H groups in total. The van der Waals surface area contributed by atoms with Gasteiger partial charge in [0, 0.05) is 12.2 Å². The van der Waals surface area contributed by atoms with Crippen molar-refractivity contribution in [2.45, 2.75) is 24.7 Å². The smallest absolute Gasteiger partial charge is 0.338 e. The normalized spacial score (nSPS) is 16.2. The van der Waals surface area contributed by atoms with Crippen LogP contribution in [0.25, 0.3) is 0 Å². The minimum absolute atomic E-state index is 0.00475. The molecule has 0 atom stereocenters. The first-order chi connectivity index (χ1) is 13.7. The summed E-state index contributed by atoms with van der Waals surface area (Å²) < 4.78 is 58.2. The van der Waals surface area contributed by atoms with Crippen LogP contribution in [0.2, 0.25) is 0 Å². The Labute approximate surface area is 170 Å². The second kappa shape index (κ2) is 8.42. The Bertz CT molecular complexity index is 1080. The van der Waals surface area contributed by atoms with E-state index >= 15 is 0 Å². The van der Waals surface area contributed by atoms with Crippen LogP contribution in [0.4, 0.5) is 11.4 Å². The molecule has 3 rings (SSSR count). The standard InChI is InChI=1S/C19H22N2O6S2/c1-2-27-19(22)15-5-7-16(8-6-15)20-29(25,26)18-11-9-17(10-12-18)21-13-3-4-14-28(21,23)24/h5-12,20H,2-4,13-14H2,1H3. The van der Waals surface area contributed by atoms with Crippen molar-refractivity contribution in [3.8, 4) is 0 Å². The lowest BCUT2D eigenvalue weighted by molar-refractivity contribution is 0.0526. The van der Waals surface area contributed by atoms with Gasteiger partial charge in [0.15, 0.2) is 0 Å². The number of carbonyl (C=O) groups is 1. The predicted molar refractivity (Wildman–Crippen MR) is 110 cm³/mol. The zero-order valence-electron chi connectivity index (χ0n) is 15.9. The monoisotopic (exact) mass is 438 g/mol. The van der Waals surface area contributed by atoms with E-state index in [2.05, 4.69) is 4.72 Å². The Balaban J connectivity index is 1.75. The minimum atomic E-state index is -3.87. The fourth-order valence-electron chi connectivity index (χ4n) is 2.97. The Hall–Kier alpha value is -2.59. The second-order valence-corrected chi connectivity index (χ2v) is 10.2. The van der Waals surface area contributed by atoms with Crippen molar-refractivity contribution >= 4 is 37.4 Å². The average Bonchev–Trinajstić information content (AvgIpc) is 2.68. The molecule has 1 heterocycles. The van der Waals surface area contributed by atoms with Crippen LogP contribution in [0.1, 0.15) is 30.1 Å². The zero-order valence-corrected chi connectivity index (χ0v) is 17.5. The molecule has 10 heteroatoms. The summed E-state index contributed by atoms with van der Waals surface area (Å²) >= 11 is 0. The fraction of sp³-hybridized carbons (Fsp3) is 0.316. The van der Waals surface area contributed by atoms with E-state index in [0.29, 0.717) is 29.9 Å². The van der Waals surface area contributed by atoms with Crippen LogP contribution in [-0.4, -0.2) is 41.7 Å². The van der Waals surface area contributed by atoms with Crippen molar-refractivity contribution in [1.29, 1.82) is 0 Å². The number of hydrogen-bond acceptors (Lipinski definition) is 6. The molecule has 29 heavy (non-hydrogen) atoms. The first-order valence-electron chi connectivity index (χ1n) is 9.13. The van der Waals surface area contributed by atoms with Gasteiger partial charge in [-0.05, 0) is 68.3 Å². The van der Waals surface area contributed by atoms with Crippen molar-refractivity contribution < 1.29 is 26.4 Å². The maximum atomic E-state index is 12.6. The second-order valence-electron chi connectivity index (χ2n) is 6.49. The highest BCUT2D eigenvalue weighted by molar-refractivity contribution is 7.93. The van der Waals surface area contributed by atoms with Gasteiger partial charge >= 0.3 is 5.97 Å². The van der Waals surface area contributed by atoms with E-state index in [1.54, 1.807) is 6.92 Å². The molecule has 0 aliphatic carbocycles. The maximum Gasteiger partial charge on any atom is 0.338 e. The Morgan fingerprint density at radius 3 is 2.31 bits per heavy atom. The van der Waals surface area contributed by atoms with Gasteiger partial charge in [-0.15, -0.1) is 0 Å². The number of benzene rings is 2. The lowest BCUT2D eigenvalue weighted by atomic mass is 10.2. The lowest BCUT2D eigenvalue weighted by Gasteiger charge is -2.28. The highest BCUT2D eigenvalue weighted by Gasteiger charge is 2.26. The van der Waals surface area contributed by atoms with Crippen LogP contribution in [0.5, 0.6) is 0 Å². The number of rotatable bonds is 6. The Morgan fingerprint density at radius 2 is 1.72 bits per heavy atom. The summed E-state index contributed by atoms with van der Waals surface area (Å²) in [5.41, 5.74) is 1.06. The fourth-order valence-corrected chi connectivity index (χ4v) is 5.67. The van der Waals surface area contributed by atoms with Gasteiger partial charge in [-0.1, -0.05) is 0 Å². The number of nitrogens with zero attached hydrogens (tertiary/aromatic N) is 1. The molecule has 2 aromatic carbocycles. The van der Waals surface area contributed by atoms with E-state index in [-0.39, 0.29) is 17.3 Å². The van der Waals surface area contributed by atoms with Crippen LogP contribution in [0.3, 0.4) is 0 Å². The van der Waals surface area contributed by atoms with E-state index in [1.165, 1.54) is 52.8 Å². The highest BCUT2D eigenvalue weighted by Crippen LogP contribution is 2.25. The van der Waals surface area contributed by atoms with Crippen LogP contribution >= 0.6 is 0 Å². The quantitative estimate of drug-likeness (QED) is 0.694. The molecule has 156 valence electrons. The molecule has 8 nitrogen and oxygen atoms in total. The summed E-state index contributed by atoms with van der Waals surface area (Å²) in [6, 6.07) is 11.6. The first kappa shape index (κ1) is 21.1. The molecular formula is C19H22N2O6S2. The number of carbonyl (C=O) groups excluding carboxylic acids is 1. The summed E-state index contributed by atoms with van der Waals surface area (Å²) in [6.45, 7) is 2.34. The molecule has 1 aliphatic heterocycles.